The summed E-state index contributed by atoms with van der Waals surface area (Å²) in [6, 6.07) is 0. The molecule has 0 radical (unpaired) electrons. The van der Waals surface area contributed by atoms with Crippen molar-refractivity contribution in [3.63, 3.8) is 0 Å². The van der Waals surface area contributed by atoms with Crippen LogP contribution in [0.5, 0.6) is 0 Å². The fourth-order valence-electron chi connectivity index (χ4n) is 0.961. The molecule has 2 nitrogen and oxygen atoms in total. The van der Waals surface area contributed by atoms with Crippen LogP contribution in [0.4, 0.5) is 0 Å². The van der Waals surface area contributed by atoms with Crippen molar-refractivity contribution in [2.24, 2.45) is 5.92 Å². The van der Waals surface area contributed by atoms with E-state index in [-0.39, 0.29) is 0 Å². The molecule has 1 atom stereocenters. The van der Waals surface area contributed by atoms with E-state index in [9.17, 15) is 0 Å². The molecule has 0 aliphatic heterocycles. The first-order chi connectivity index (χ1) is 5.26. The summed E-state index contributed by atoms with van der Waals surface area (Å²) in [4.78, 5) is 0. The number of hydrogen-bond acceptors (Lipinski definition) is 2. The molecule has 0 fully saturated rings. The Kier molecular flexibility index (Phi) is 16.3. The van der Waals surface area contributed by atoms with Gasteiger partial charge < -0.3 is 6.92 Å². The van der Waals surface area contributed by atoms with E-state index in [1.165, 1.54) is 19.3 Å². The van der Waals surface area contributed by atoms with Gasteiger partial charge in [-0.15, -0.1) is 0 Å². The predicted molar refractivity (Wildman–Crippen MR) is 40.0 cm³/mol. The van der Waals surface area contributed by atoms with Crippen molar-refractivity contribution in [2.45, 2.75) is 39.5 Å². The van der Waals surface area contributed by atoms with Crippen LogP contribution < -0.4 is 0 Å². The molecule has 0 N–H and O–H groups in total. The third-order valence-electron chi connectivity index (χ3n) is 1.68. The topological polar surface area (TPSA) is 34.1 Å². The van der Waals surface area contributed by atoms with Crippen molar-refractivity contribution in [3.05, 3.63) is 6.92 Å². The molecule has 0 amide bonds. The zero-order chi connectivity index (χ0) is 9.11. The van der Waals surface area contributed by atoms with Crippen molar-refractivity contribution in [2.75, 3.05) is 0 Å². The Morgan fingerprint density at radius 1 is 1.36 bits per heavy atom. The van der Waals surface area contributed by atoms with Gasteiger partial charge in [-0.2, -0.15) is 6.42 Å². The average Bonchev–Trinajstić information content (AvgIpc) is 2.02. The van der Waals surface area contributed by atoms with E-state index in [0.29, 0.717) is 0 Å². The molecule has 0 saturated carbocycles. The van der Waals surface area contributed by atoms with Crippen LogP contribution in [-0.2, 0) is 25.7 Å². The quantitative estimate of drug-likeness (QED) is 0.508. The summed E-state index contributed by atoms with van der Waals surface area (Å²) in [6.45, 7) is 8.35. The normalized spacial score (nSPS) is 10.8. The molecule has 0 aromatic rings. The molecule has 0 saturated heterocycles. The molecule has 11 heavy (non-hydrogen) atoms. The van der Waals surface area contributed by atoms with E-state index in [2.05, 4.69) is 20.8 Å². The summed E-state index contributed by atoms with van der Waals surface area (Å²) in [7, 11) is 0. The monoisotopic (exact) mass is 193 g/mol. The molecule has 0 heterocycles. The molecule has 0 aromatic carbocycles. The summed E-state index contributed by atoms with van der Waals surface area (Å²) >= 11 is -2.00. The van der Waals surface area contributed by atoms with E-state index in [1.807, 2.05) is 0 Å². The molecule has 0 rings (SSSR count). The van der Waals surface area contributed by atoms with Crippen molar-refractivity contribution in [1.82, 2.24) is 0 Å². The Bertz CT molecular complexity index is 94.3. The second-order valence-electron chi connectivity index (χ2n) is 2.43. The van der Waals surface area contributed by atoms with E-state index in [0.717, 1.165) is 12.3 Å². The molecule has 0 bridgehead atoms. The zero-order valence-electron chi connectivity index (χ0n) is 7.43. The summed E-state index contributed by atoms with van der Waals surface area (Å²) in [5.74, 6) is 0.889. The van der Waals surface area contributed by atoms with Crippen LogP contribution in [0.3, 0.4) is 0 Å². The average molecular weight is 193 g/mol. The Morgan fingerprint density at radius 2 is 1.82 bits per heavy atom. The molecule has 0 spiro atoms. The molecule has 0 aliphatic carbocycles. The summed E-state index contributed by atoms with van der Waals surface area (Å²) in [5.41, 5.74) is 0. The maximum atomic E-state index is 8.50. The van der Waals surface area contributed by atoms with Crippen LogP contribution in [0.2, 0.25) is 0 Å². The standard InChI is InChI=1S/C8H17.2O.Ti/c1-4-7-8(5-2)6-3;;;/h8H,2,4-7H2,1,3H3;;;/q-1;;;. The fourth-order valence-corrected chi connectivity index (χ4v) is 0.961. The van der Waals surface area contributed by atoms with Crippen LogP contribution >= 0.6 is 0 Å². The molecule has 66 valence electrons. The number of rotatable bonds is 4. The van der Waals surface area contributed by atoms with Gasteiger partial charge in [0, 0.05) is 0 Å². The Balaban J connectivity index is 0. The summed E-state index contributed by atoms with van der Waals surface area (Å²) in [6.07, 6.45) is 5.09. The van der Waals surface area contributed by atoms with E-state index in [4.69, 9.17) is 6.65 Å². The molecular formula is C8H17O2Ti-. The SMILES string of the molecule is [CH2-]CC(CC)CCC.[O]=[Ti]=[O]. The van der Waals surface area contributed by atoms with Crippen LogP contribution in [0.1, 0.15) is 39.5 Å². The first-order valence-corrected chi connectivity index (χ1v) is 5.32. The number of hydrogen-bond donors (Lipinski definition) is 0. The molecule has 1 unspecified atom stereocenters. The van der Waals surface area contributed by atoms with Crippen LogP contribution in [0.25, 0.3) is 0 Å². The van der Waals surface area contributed by atoms with Gasteiger partial charge in [0.2, 0.25) is 0 Å². The van der Waals surface area contributed by atoms with Gasteiger partial charge in [-0.3, -0.25) is 0 Å². The van der Waals surface area contributed by atoms with Crippen LogP contribution in [0, 0.1) is 12.8 Å². The van der Waals surface area contributed by atoms with Crippen molar-refractivity contribution in [3.8, 4) is 0 Å². The van der Waals surface area contributed by atoms with Gasteiger partial charge >= 0.3 is 25.7 Å². The van der Waals surface area contributed by atoms with Gasteiger partial charge in [-0.1, -0.05) is 39.0 Å². The van der Waals surface area contributed by atoms with Gasteiger partial charge in [0.1, 0.15) is 0 Å². The predicted octanol–water partition coefficient (Wildman–Crippen LogP) is 2.80. The molecular weight excluding hydrogens is 176 g/mol. The van der Waals surface area contributed by atoms with Crippen LogP contribution in [-0.4, -0.2) is 0 Å². The van der Waals surface area contributed by atoms with Crippen LogP contribution in [0.15, 0.2) is 0 Å². The van der Waals surface area contributed by atoms with E-state index < -0.39 is 19.1 Å². The molecule has 3 heteroatoms. The summed E-state index contributed by atoms with van der Waals surface area (Å²) < 4.78 is 17.0. The second-order valence-corrected chi connectivity index (χ2v) is 2.70. The molecule has 0 aliphatic rings. The maximum absolute atomic E-state index is 8.50. The minimum absolute atomic E-state index is 0.889. The third-order valence-corrected chi connectivity index (χ3v) is 1.68. The Hall–Kier alpha value is 0.314. The zero-order valence-corrected chi connectivity index (χ0v) is 8.99. The Labute approximate surface area is 78.3 Å². The fraction of sp³-hybridized carbons (Fsp3) is 0.875. The van der Waals surface area contributed by atoms with Crippen molar-refractivity contribution < 1.29 is 25.7 Å². The van der Waals surface area contributed by atoms with Gasteiger partial charge in [-0.05, 0) is 0 Å². The van der Waals surface area contributed by atoms with Crippen molar-refractivity contribution in [1.29, 1.82) is 0 Å². The first kappa shape index (κ1) is 13.9. The van der Waals surface area contributed by atoms with Crippen molar-refractivity contribution >= 4 is 0 Å². The van der Waals surface area contributed by atoms with E-state index in [1.54, 1.807) is 0 Å². The van der Waals surface area contributed by atoms with Gasteiger partial charge in [0.05, 0.1) is 0 Å². The van der Waals surface area contributed by atoms with Gasteiger partial charge in [0.15, 0.2) is 0 Å². The van der Waals surface area contributed by atoms with Gasteiger partial charge in [0.25, 0.3) is 0 Å². The van der Waals surface area contributed by atoms with E-state index >= 15 is 0 Å². The van der Waals surface area contributed by atoms with Gasteiger partial charge in [-0.25, -0.2) is 0 Å². The summed E-state index contributed by atoms with van der Waals surface area (Å²) in [5, 5.41) is 0. The second kappa shape index (κ2) is 12.9. The molecule has 0 aromatic heterocycles. The minimum atomic E-state index is -2.00. The Morgan fingerprint density at radius 3 is 1.91 bits per heavy atom. The first-order valence-electron chi connectivity index (χ1n) is 4.05. The third kappa shape index (κ3) is 13.3.